The molecule has 5 nitrogen and oxygen atoms in total. The van der Waals surface area contributed by atoms with Crippen molar-refractivity contribution in [2.45, 2.75) is 38.6 Å². The van der Waals surface area contributed by atoms with Crippen molar-refractivity contribution in [2.24, 2.45) is 0 Å². The average molecular weight is 426 g/mol. The van der Waals surface area contributed by atoms with Crippen LogP contribution in [0.25, 0.3) is 0 Å². The smallest absolute Gasteiger partial charge is 0.244 e. The fourth-order valence-corrected chi connectivity index (χ4v) is 4.64. The molecular formula is C24H28ClN3O2. The number of benzene rings is 2. The Morgan fingerprint density at radius 2 is 1.83 bits per heavy atom. The van der Waals surface area contributed by atoms with E-state index in [9.17, 15) is 9.59 Å². The number of nitrogens with one attached hydrogen (secondary N) is 1. The van der Waals surface area contributed by atoms with E-state index in [-0.39, 0.29) is 18.4 Å². The lowest BCUT2D eigenvalue weighted by atomic mass is 9.91. The summed E-state index contributed by atoms with van der Waals surface area (Å²) < 4.78 is 0. The predicted molar refractivity (Wildman–Crippen MR) is 120 cm³/mol. The Bertz CT molecular complexity index is 940. The van der Waals surface area contributed by atoms with Crippen molar-refractivity contribution < 1.29 is 9.59 Å². The second-order valence-electron chi connectivity index (χ2n) is 8.22. The minimum absolute atomic E-state index is 0.119. The van der Waals surface area contributed by atoms with Crippen LogP contribution in [0.4, 0.5) is 5.69 Å². The van der Waals surface area contributed by atoms with Gasteiger partial charge in [0.1, 0.15) is 6.04 Å². The van der Waals surface area contributed by atoms with Crippen molar-refractivity contribution >= 4 is 29.1 Å². The van der Waals surface area contributed by atoms with E-state index in [4.69, 9.17) is 11.6 Å². The van der Waals surface area contributed by atoms with E-state index in [1.165, 1.54) is 12.0 Å². The van der Waals surface area contributed by atoms with Crippen LogP contribution in [-0.2, 0) is 16.0 Å². The standard InChI is InChI=1S/C24H28ClN3O2/c1-17-9-10-19(25)15-21(17)26-22(29)16-28-14-11-18-7-3-4-8-20(18)23(28)24(30)27-12-5-2-6-13-27/h3-4,7-10,15,23H,2,5-6,11-14,16H2,1H3,(H,26,29)/t23-/m1/s1. The molecule has 0 radical (unpaired) electrons. The molecule has 2 heterocycles. The summed E-state index contributed by atoms with van der Waals surface area (Å²) in [5.41, 5.74) is 3.91. The number of aryl methyl sites for hydroxylation is 1. The molecule has 4 rings (SSSR count). The molecule has 0 aromatic heterocycles. The number of rotatable bonds is 4. The van der Waals surface area contributed by atoms with Gasteiger partial charge in [-0.15, -0.1) is 0 Å². The average Bonchev–Trinajstić information content (AvgIpc) is 2.76. The van der Waals surface area contributed by atoms with Crippen LogP contribution in [0.5, 0.6) is 0 Å². The Hall–Kier alpha value is -2.37. The van der Waals surface area contributed by atoms with E-state index < -0.39 is 6.04 Å². The van der Waals surface area contributed by atoms with Crippen LogP contribution in [0.2, 0.25) is 5.02 Å². The largest absolute Gasteiger partial charge is 0.341 e. The number of halogens is 1. The molecule has 1 N–H and O–H groups in total. The minimum atomic E-state index is -0.403. The van der Waals surface area contributed by atoms with Crippen molar-refractivity contribution in [3.63, 3.8) is 0 Å². The minimum Gasteiger partial charge on any atom is -0.341 e. The molecule has 30 heavy (non-hydrogen) atoms. The monoisotopic (exact) mass is 425 g/mol. The van der Waals surface area contributed by atoms with Crippen LogP contribution < -0.4 is 5.32 Å². The van der Waals surface area contributed by atoms with Crippen LogP contribution in [0, 0.1) is 6.92 Å². The summed E-state index contributed by atoms with van der Waals surface area (Å²) in [5, 5.41) is 3.56. The van der Waals surface area contributed by atoms with Crippen LogP contribution in [-0.4, -0.2) is 47.8 Å². The number of anilines is 1. The van der Waals surface area contributed by atoms with Crippen molar-refractivity contribution in [3.8, 4) is 0 Å². The lowest BCUT2D eigenvalue weighted by Gasteiger charge is -2.39. The molecular weight excluding hydrogens is 398 g/mol. The highest BCUT2D eigenvalue weighted by Crippen LogP contribution is 2.32. The van der Waals surface area contributed by atoms with Crippen LogP contribution in [0.15, 0.2) is 42.5 Å². The number of piperidine rings is 1. The molecule has 0 bridgehead atoms. The highest BCUT2D eigenvalue weighted by molar-refractivity contribution is 6.31. The molecule has 2 amide bonds. The van der Waals surface area contributed by atoms with Gasteiger partial charge in [0.2, 0.25) is 11.8 Å². The maximum absolute atomic E-state index is 13.5. The van der Waals surface area contributed by atoms with Gasteiger partial charge >= 0.3 is 0 Å². The van der Waals surface area contributed by atoms with E-state index >= 15 is 0 Å². The molecule has 0 aliphatic carbocycles. The number of amides is 2. The summed E-state index contributed by atoms with van der Waals surface area (Å²) in [6.45, 7) is 4.40. The summed E-state index contributed by atoms with van der Waals surface area (Å²) in [4.78, 5) is 30.4. The van der Waals surface area contributed by atoms with Crippen molar-refractivity contribution in [3.05, 3.63) is 64.2 Å². The Kier molecular flexibility index (Phi) is 6.40. The van der Waals surface area contributed by atoms with E-state index in [1.807, 2.05) is 41.0 Å². The van der Waals surface area contributed by atoms with Crippen molar-refractivity contribution in [1.29, 1.82) is 0 Å². The Balaban J connectivity index is 1.55. The van der Waals surface area contributed by atoms with Gasteiger partial charge in [-0.3, -0.25) is 14.5 Å². The summed E-state index contributed by atoms with van der Waals surface area (Å²) in [7, 11) is 0. The van der Waals surface area contributed by atoms with Gasteiger partial charge in [0.15, 0.2) is 0 Å². The fourth-order valence-electron chi connectivity index (χ4n) is 4.47. The first-order valence-electron chi connectivity index (χ1n) is 10.7. The first kappa shape index (κ1) is 20.9. The SMILES string of the molecule is Cc1ccc(Cl)cc1NC(=O)CN1CCc2ccccc2[C@@H]1C(=O)N1CCCCC1. The normalized spacial score (nSPS) is 19.3. The first-order chi connectivity index (χ1) is 14.5. The molecule has 2 aromatic rings. The number of hydrogen-bond acceptors (Lipinski definition) is 3. The summed E-state index contributed by atoms with van der Waals surface area (Å²) in [6, 6.07) is 13.2. The van der Waals surface area contributed by atoms with Crippen molar-refractivity contribution in [1.82, 2.24) is 9.80 Å². The van der Waals surface area contributed by atoms with Gasteiger partial charge in [0.05, 0.1) is 6.54 Å². The lowest BCUT2D eigenvalue weighted by molar-refractivity contribution is -0.139. The van der Waals surface area contributed by atoms with Crippen LogP contribution in [0.1, 0.15) is 42.0 Å². The molecule has 0 unspecified atom stereocenters. The third-order valence-corrected chi connectivity index (χ3v) is 6.34. The molecule has 1 atom stereocenters. The van der Waals surface area contributed by atoms with Gasteiger partial charge in [0.25, 0.3) is 0 Å². The summed E-state index contributed by atoms with van der Waals surface area (Å²) in [6.07, 6.45) is 4.11. The number of hydrogen-bond donors (Lipinski definition) is 1. The Morgan fingerprint density at radius 1 is 1.07 bits per heavy atom. The Labute approximate surface area is 183 Å². The zero-order valence-electron chi connectivity index (χ0n) is 17.4. The topological polar surface area (TPSA) is 52.7 Å². The number of carbonyl (C=O) groups is 2. The molecule has 6 heteroatoms. The molecule has 158 valence electrons. The zero-order valence-corrected chi connectivity index (χ0v) is 18.1. The molecule has 0 saturated carbocycles. The number of fused-ring (bicyclic) bond motifs is 1. The number of carbonyl (C=O) groups excluding carboxylic acids is 2. The molecule has 2 aliphatic rings. The van der Waals surface area contributed by atoms with Crippen molar-refractivity contribution in [2.75, 3.05) is 31.5 Å². The van der Waals surface area contributed by atoms with E-state index in [1.54, 1.807) is 12.1 Å². The maximum atomic E-state index is 13.5. The third-order valence-electron chi connectivity index (χ3n) is 6.11. The molecule has 2 aliphatic heterocycles. The van der Waals surface area contributed by atoms with E-state index in [2.05, 4.69) is 11.4 Å². The van der Waals surface area contributed by atoms with E-state index in [0.29, 0.717) is 17.3 Å². The van der Waals surface area contributed by atoms with Gasteiger partial charge in [-0.1, -0.05) is 41.9 Å². The lowest BCUT2D eigenvalue weighted by Crippen LogP contribution is -2.49. The zero-order chi connectivity index (χ0) is 21.1. The molecule has 2 aromatic carbocycles. The fraction of sp³-hybridized carbons (Fsp3) is 0.417. The van der Waals surface area contributed by atoms with Gasteiger partial charge in [-0.25, -0.2) is 0 Å². The second kappa shape index (κ2) is 9.19. The number of likely N-dealkylation sites (tertiary alicyclic amines) is 1. The van der Waals surface area contributed by atoms with Crippen LogP contribution >= 0.6 is 11.6 Å². The molecule has 1 fully saturated rings. The third kappa shape index (κ3) is 4.52. The maximum Gasteiger partial charge on any atom is 0.244 e. The highest BCUT2D eigenvalue weighted by Gasteiger charge is 2.36. The highest BCUT2D eigenvalue weighted by atomic mass is 35.5. The van der Waals surface area contributed by atoms with Gasteiger partial charge in [-0.2, -0.15) is 0 Å². The summed E-state index contributed by atoms with van der Waals surface area (Å²) >= 11 is 6.09. The van der Waals surface area contributed by atoms with Gasteiger partial charge in [0, 0.05) is 30.3 Å². The quantitative estimate of drug-likeness (QED) is 0.798. The van der Waals surface area contributed by atoms with E-state index in [0.717, 1.165) is 43.5 Å². The first-order valence-corrected chi connectivity index (χ1v) is 11.1. The second-order valence-corrected chi connectivity index (χ2v) is 8.65. The molecule has 1 saturated heterocycles. The summed E-state index contributed by atoms with van der Waals surface area (Å²) in [5.74, 6) is -0.00946. The van der Waals surface area contributed by atoms with Crippen LogP contribution in [0.3, 0.4) is 0 Å². The predicted octanol–water partition coefficient (Wildman–Crippen LogP) is 4.20. The molecule has 0 spiro atoms. The Morgan fingerprint density at radius 3 is 2.63 bits per heavy atom. The number of nitrogens with zero attached hydrogens (tertiary/aromatic N) is 2. The van der Waals surface area contributed by atoms with Gasteiger partial charge < -0.3 is 10.2 Å². The van der Waals surface area contributed by atoms with Gasteiger partial charge in [-0.05, 0) is 61.4 Å².